The first-order chi connectivity index (χ1) is 11.7. The molecule has 0 spiro atoms. The summed E-state index contributed by atoms with van der Waals surface area (Å²) in [5, 5.41) is 6.64. The molecule has 0 aliphatic carbocycles. The summed E-state index contributed by atoms with van der Waals surface area (Å²) in [4.78, 5) is 22.7. The van der Waals surface area contributed by atoms with Gasteiger partial charge in [-0.2, -0.15) is 0 Å². The largest absolute Gasteiger partial charge is 0.311 e. The van der Waals surface area contributed by atoms with Crippen molar-refractivity contribution in [3.63, 3.8) is 0 Å². The second-order valence-electron chi connectivity index (χ2n) is 8.19. The number of hydrogen-bond acceptors (Lipinski definition) is 4. The Morgan fingerprint density at radius 3 is 2.04 bits per heavy atom. The Bertz CT molecular complexity index is 651. The Morgan fingerprint density at radius 1 is 0.923 bits per heavy atom. The van der Waals surface area contributed by atoms with Crippen LogP contribution < -0.4 is 10.6 Å². The molecule has 0 amide bonds. The third-order valence-electron chi connectivity index (χ3n) is 4.51. The van der Waals surface area contributed by atoms with E-state index in [2.05, 4.69) is 38.3 Å². The van der Waals surface area contributed by atoms with E-state index < -0.39 is 0 Å². The maximum Gasteiger partial charge on any atom is 0.161 e. The van der Waals surface area contributed by atoms with Gasteiger partial charge in [0.05, 0.1) is 0 Å². The Kier molecular flexibility index (Phi) is 8.19. The lowest BCUT2D eigenvalue weighted by molar-refractivity contribution is -0.121. The number of Topliss-reactive ketones (excluding diaryl/α,β-unsaturated/α-hetero) is 2. The van der Waals surface area contributed by atoms with Crippen LogP contribution in [0.3, 0.4) is 0 Å². The van der Waals surface area contributed by atoms with Crippen LogP contribution in [-0.4, -0.2) is 35.7 Å². The second-order valence-corrected chi connectivity index (χ2v) is 8.19. The van der Waals surface area contributed by atoms with Gasteiger partial charge in [-0.05, 0) is 39.3 Å². The number of piperidine rings is 2. The fourth-order valence-corrected chi connectivity index (χ4v) is 3.08. The van der Waals surface area contributed by atoms with E-state index in [0.717, 1.165) is 17.7 Å². The van der Waals surface area contributed by atoms with Gasteiger partial charge in [0, 0.05) is 49.0 Å². The summed E-state index contributed by atoms with van der Waals surface area (Å²) in [6.07, 6.45) is 3.95. The number of ketones is 2. The fraction of sp³-hybridized carbons (Fsp3) is 0.524. The van der Waals surface area contributed by atoms with E-state index in [9.17, 15) is 9.59 Å². The highest BCUT2D eigenvalue weighted by molar-refractivity contribution is 6.01. The molecule has 2 aliphatic rings. The van der Waals surface area contributed by atoms with Crippen molar-refractivity contribution >= 4 is 30.0 Å². The molecule has 1 aromatic carbocycles. The standard InChI is InChI=1S/C14H17NO.C7H13NO.ClH/c1-14(2)9-13(16)12(10-15-14)8-11-6-4-3-5-7-11;1-7(2)5-6(9)3-4-8-7;/h3-8,15H,9-10H2,1-2H3;8H,3-5H2,1-2H3;1H/b12-8+;;. The molecule has 2 saturated heterocycles. The van der Waals surface area contributed by atoms with E-state index in [4.69, 9.17) is 0 Å². The van der Waals surface area contributed by atoms with Crippen molar-refractivity contribution in [3.05, 3.63) is 41.5 Å². The van der Waals surface area contributed by atoms with Gasteiger partial charge in [0.2, 0.25) is 0 Å². The molecule has 144 valence electrons. The van der Waals surface area contributed by atoms with Crippen LogP contribution >= 0.6 is 12.4 Å². The van der Waals surface area contributed by atoms with Crippen LogP contribution in [-0.2, 0) is 9.59 Å². The summed E-state index contributed by atoms with van der Waals surface area (Å²) in [6.45, 7) is 9.76. The molecule has 0 aromatic heterocycles. The lowest BCUT2D eigenvalue weighted by atomic mass is 9.88. The van der Waals surface area contributed by atoms with E-state index in [1.54, 1.807) is 0 Å². The smallest absolute Gasteiger partial charge is 0.161 e. The van der Waals surface area contributed by atoms with Crippen molar-refractivity contribution in [1.82, 2.24) is 10.6 Å². The highest BCUT2D eigenvalue weighted by atomic mass is 35.5. The van der Waals surface area contributed by atoms with E-state index in [1.165, 1.54) is 0 Å². The molecule has 2 N–H and O–H groups in total. The summed E-state index contributed by atoms with van der Waals surface area (Å²) >= 11 is 0. The molecule has 3 rings (SSSR count). The SMILES string of the molecule is CC1(C)CC(=O)/C(=C/c2ccccc2)CN1.CC1(C)CC(=O)CCN1.Cl. The first-order valence-corrected chi connectivity index (χ1v) is 8.97. The van der Waals surface area contributed by atoms with Crippen molar-refractivity contribution in [2.75, 3.05) is 13.1 Å². The molecule has 0 unspecified atom stereocenters. The highest BCUT2D eigenvalue weighted by Crippen LogP contribution is 2.20. The molecule has 2 fully saturated rings. The predicted octanol–water partition coefficient (Wildman–Crippen LogP) is 3.55. The van der Waals surface area contributed by atoms with Crippen molar-refractivity contribution in [2.45, 2.75) is 58.0 Å². The molecule has 0 saturated carbocycles. The third kappa shape index (κ3) is 7.40. The van der Waals surface area contributed by atoms with Gasteiger partial charge < -0.3 is 10.6 Å². The summed E-state index contributed by atoms with van der Waals surface area (Å²) < 4.78 is 0. The van der Waals surface area contributed by atoms with Gasteiger partial charge in [0.15, 0.2) is 5.78 Å². The van der Waals surface area contributed by atoms with Gasteiger partial charge in [-0.1, -0.05) is 30.3 Å². The van der Waals surface area contributed by atoms with Gasteiger partial charge in [-0.3, -0.25) is 9.59 Å². The number of carbonyl (C=O) groups is 2. The highest BCUT2D eigenvalue weighted by Gasteiger charge is 2.28. The summed E-state index contributed by atoms with van der Waals surface area (Å²) in [5.41, 5.74) is 1.96. The Morgan fingerprint density at radius 2 is 1.54 bits per heavy atom. The minimum atomic E-state index is -0.0644. The van der Waals surface area contributed by atoms with Crippen molar-refractivity contribution < 1.29 is 9.59 Å². The van der Waals surface area contributed by atoms with Crippen LogP contribution in [0.5, 0.6) is 0 Å². The lowest BCUT2D eigenvalue weighted by Crippen LogP contribution is -2.47. The van der Waals surface area contributed by atoms with Crippen LogP contribution in [0.4, 0.5) is 0 Å². The Labute approximate surface area is 163 Å². The zero-order valence-electron chi connectivity index (χ0n) is 16.2. The molecular formula is C21H31ClN2O2. The third-order valence-corrected chi connectivity index (χ3v) is 4.51. The molecule has 26 heavy (non-hydrogen) atoms. The number of rotatable bonds is 1. The summed E-state index contributed by atoms with van der Waals surface area (Å²) in [7, 11) is 0. The van der Waals surface area contributed by atoms with Crippen molar-refractivity contribution in [2.24, 2.45) is 0 Å². The topological polar surface area (TPSA) is 58.2 Å². The lowest BCUT2D eigenvalue weighted by Gasteiger charge is -2.31. The maximum absolute atomic E-state index is 11.9. The van der Waals surface area contributed by atoms with Gasteiger partial charge >= 0.3 is 0 Å². The first-order valence-electron chi connectivity index (χ1n) is 8.97. The molecule has 0 atom stereocenters. The van der Waals surface area contributed by atoms with Crippen LogP contribution in [0.15, 0.2) is 35.9 Å². The molecule has 1 aromatic rings. The quantitative estimate of drug-likeness (QED) is 0.734. The second kappa shape index (κ2) is 9.45. The minimum Gasteiger partial charge on any atom is -0.311 e. The van der Waals surface area contributed by atoms with E-state index in [-0.39, 0.29) is 29.3 Å². The van der Waals surface area contributed by atoms with Gasteiger partial charge in [-0.15, -0.1) is 12.4 Å². The Balaban J connectivity index is 0.000000290. The maximum atomic E-state index is 11.9. The minimum absolute atomic E-state index is 0. The van der Waals surface area contributed by atoms with Crippen molar-refractivity contribution in [1.29, 1.82) is 0 Å². The molecule has 4 nitrogen and oxygen atoms in total. The zero-order chi connectivity index (χ0) is 18.5. The van der Waals surface area contributed by atoms with E-state index in [1.807, 2.05) is 36.4 Å². The first kappa shape index (κ1) is 22.6. The monoisotopic (exact) mass is 378 g/mol. The van der Waals surface area contributed by atoms with Crippen LogP contribution in [0.1, 0.15) is 52.5 Å². The molecule has 0 radical (unpaired) electrons. The van der Waals surface area contributed by atoms with Crippen LogP contribution in [0.2, 0.25) is 0 Å². The fourth-order valence-electron chi connectivity index (χ4n) is 3.08. The van der Waals surface area contributed by atoms with Gasteiger partial charge in [0.1, 0.15) is 5.78 Å². The zero-order valence-corrected chi connectivity index (χ0v) is 17.0. The number of benzene rings is 1. The van der Waals surface area contributed by atoms with E-state index >= 15 is 0 Å². The van der Waals surface area contributed by atoms with E-state index in [0.29, 0.717) is 31.6 Å². The predicted molar refractivity (Wildman–Crippen MR) is 110 cm³/mol. The summed E-state index contributed by atoms with van der Waals surface area (Å²) in [5.74, 6) is 0.645. The molecule has 2 heterocycles. The normalized spacial score (nSPS) is 22.8. The van der Waals surface area contributed by atoms with Crippen LogP contribution in [0.25, 0.3) is 6.08 Å². The number of nitrogens with one attached hydrogen (secondary N) is 2. The molecular weight excluding hydrogens is 348 g/mol. The van der Waals surface area contributed by atoms with Gasteiger partial charge in [0.25, 0.3) is 0 Å². The number of carbonyl (C=O) groups excluding carboxylic acids is 2. The molecule has 0 bridgehead atoms. The molecule has 2 aliphatic heterocycles. The Hall–Kier alpha value is -1.49. The van der Waals surface area contributed by atoms with Gasteiger partial charge in [-0.25, -0.2) is 0 Å². The average molecular weight is 379 g/mol. The summed E-state index contributed by atoms with van der Waals surface area (Å²) in [6, 6.07) is 9.97. The number of hydrogen-bond donors (Lipinski definition) is 2. The molecule has 5 heteroatoms. The number of halogens is 1. The average Bonchev–Trinajstić information content (AvgIpc) is 2.50. The van der Waals surface area contributed by atoms with Crippen molar-refractivity contribution in [3.8, 4) is 0 Å². The van der Waals surface area contributed by atoms with Crippen LogP contribution in [0, 0.1) is 0 Å².